The van der Waals surface area contributed by atoms with Crippen molar-refractivity contribution in [3.05, 3.63) is 81.7 Å². The first-order valence-corrected chi connectivity index (χ1v) is 10.9. The summed E-state index contributed by atoms with van der Waals surface area (Å²) in [5.41, 5.74) is 2.01. The molecule has 0 unspecified atom stereocenters. The van der Waals surface area contributed by atoms with Crippen LogP contribution in [0.1, 0.15) is 12.5 Å². The van der Waals surface area contributed by atoms with Gasteiger partial charge in [0.25, 0.3) is 11.5 Å². The molecule has 166 valence electrons. The van der Waals surface area contributed by atoms with Gasteiger partial charge in [-0.15, -0.1) is 0 Å². The zero-order valence-electron chi connectivity index (χ0n) is 18.1. The van der Waals surface area contributed by atoms with Gasteiger partial charge < -0.3 is 14.5 Å². The molecule has 32 heavy (non-hydrogen) atoms. The highest BCUT2D eigenvalue weighted by molar-refractivity contribution is 6.33. The molecule has 2 heterocycles. The summed E-state index contributed by atoms with van der Waals surface area (Å²) in [4.78, 5) is 29.3. The molecule has 0 N–H and O–H groups in total. The Morgan fingerprint density at radius 2 is 1.69 bits per heavy atom. The molecule has 1 saturated heterocycles. The number of hydrogen-bond acceptors (Lipinski definition) is 5. The molecule has 1 fully saturated rings. The summed E-state index contributed by atoms with van der Waals surface area (Å²) in [6, 6.07) is 16.8. The van der Waals surface area contributed by atoms with Crippen LogP contribution >= 0.6 is 11.6 Å². The number of benzene rings is 2. The number of halogens is 1. The van der Waals surface area contributed by atoms with Gasteiger partial charge in [-0.1, -0.05) is 47.5 Å². The fourth-order valence-corrected chi connectivity index (χ4v) is 3.94. The van der Waals surface area contributed by atoms with Crippen LogP contribution in [0.5, 0.6) is 5.75 Å². The first-order valence-electron chi connectivity index (χ1n) is 10.5. The van der Waals surface area contributed by atoms with Gasteiger partial charge in [-0.25, -0.2) is 0 Å². The molecule has 1 atom stereocenters. The number of rotatable bonds is 5. The topological polar surface area (TPSA) is 67.7 Å². The first kappa shape index (κ1) is 21.9. The Hall–Kier alpha value is -3.32. The van der Waals surface area contributed by atoms with Gasteiger partial charge in [-0.05, 0) is 38.1 Å². The quantitative estimate of drug-likeness (QED) is 0.594. The molecule has 1 amide bonds. The van der Waals surface area contributed by atoms with Gasteiger partial charge in [0.05, 0.1) is 17.6 Å². The van der Waals surface area contributed by atoms with E-state index in [2.05, 4.69) is 5.10 Å². The largest absolute Gasteiger partial charge is 0.481 e. The van der Waals surface area contributed by atoms with Crippen molar-refractivity contribution in [2.75, 3.05) is 31.1 Å². The lowest BCUT2D eigenvalue weighted by Gasteiger charge is -2.37. The molecule has 3 aromatic rings. The van der Waals surface area contributed by atoms with Crippen molar-refractivity contribution in [1.82, 2.24) is 14.7 Å². The molecule has 8 heteroatoms. The van der Waals surface area contributed by atoms with Crippen LogP contribution in [0.3, 0.4) is 0 Å². The second-order valence-electron chi connectivity index (χ2n) is 7.78. The van der Waals surface area contributed by atoms with E-state index in [0.717, 1.165) is 5.56 Å². The summed E-state index contributed by atoms with van der Waals surface area (Å²) < 4.78 is 7.09. The summed E-state index contributed by atoms with van der Waals surface area (Å²) in [7, 11) is 0. The van der Waals surface area contributed by atoms with Crippen molar-refractivity contribution in [1.29, 1.82) is 0 Å². The average molecular weight is 453 g/mol. The summed E-state index contributed by atoms with van der Waals surface area (Å²) >= 11 is 6.42. The number of amides is 1. The zero-order valence-corrected chi connectivity index (χ0v) is 18.8. The van der Waals surface area contributed by atoms with E-state index >= 15 is 0 Å². The number of carbonyl (C=O) groups is 1. The Morgan fingerprint density at radius 1 is 1.03 bits per heavy atom. The zero-order chi connectivity index (χ0) is 22.7. The molecule has 0 spiro atoms. The van der Waals surface area contributed by atoms with E-state index in [1.165, 1.54) is 4.68 Å². The van der Waals surface area contributed by atoms with Crippen molar-refractivity contribution in [2.24, 2.45) is 0 Å². The minimum atomic E-state index is -0.579. The Bertz CT molecular complexity index is 1140. The maximum absolute atomic E-state index is 12.8. The Kier molecular flexibility index (Phi) is 6.46. The minimum Gasteiger partial charge on any atom is -0.481 e. The van der Waals surface area contributed by atoms with E-state index in [-0.39, 0.29) is 16.5 Å². The van der Waals surface area contributed by atoms with Crippen LogP contribution in [0.15, 0.2) is 65.6 Å². The van der Waals surface area contributed by atoms with Gasteiger partial charge in [-0.2, -0.15) is 9.78 Å². The molecule has 1 aromatic heterocycles. The monoisotopic (exact) mass is 452 g/mol. The maximum atomic E-state index is 12.8. The second-order valence-corrected chi connectivity index (χ2v) is 8.16. The number of aryl methyl sites for hydroxylation is 1. The Labute approximate surface area is 191 Å². The second kappa shape index (κ2) is 9.44. The van der Waals surface area contributed by atoms with E-state index in [1.807, 2.05) is 54.3 Å². The van der Waals surface area contributed by atoms with Crippen LogP contribution in [0.4, 0.5) is 5.69 Å². The highest BCUT2D eigenvalue weighted by atomic mass is 35.5. The van der Waals surface area contributed by atoms with Crippen LogP contribution < -0.4 is 15.2 Å². The number of nitrogens with zero attached hydrogens (tertiary/aromatic N) is 4. The predicted molar refractivity (Wildman–Crippen MR) is 125 cm³/mol. The fourth-order valence-electron chi connectivity index (χ4n) is 3.69. The van der Waals surface area contributed by atoms with Gasteiger partial charge in [0, 0.05) is 26.2 Å². The van der Waals surface area contributed by atoms with Crippen molar-refractivity contribution < 1.29 is 9.53 Å². The standard InChI is InChI=1S/C24H25ClN4O3/c1-17-8-10-20(11-9-17)32-18(2)23(30)28-14-12-27(13-15-28)21-16-26-29(24(31)22(21)25)19-6-4-3-5-7-19/h3-11,16,18H,12-15H2,1-2H3/t18-/m0/s1. The predicted octanol–water partition coefficient (Wildman–Crippen LogP) is 3.31. The molecule has 0 aliphatic carbocycles. The molecule has 0 radical (unpaired) electrons. The van der Waals surface area contributed by atoms with E-state index in [1.54, 1.807) is 30.2 Å². The fraction of sp³-hybridized carbons (Fsp3) is 0.292. The van der Waals surface area contributed by atoms with Crippen molar-refractivity contribution in [2.45, 2.75) is 20.0 Å². The lowest BCUT2D eigenvalue weighted by atomic mass is 10.2. The SMILES string of the molecule is Cc1ccc(O[C@@H](C)C(=O)N2CCN(c3cnn(-c4ccccc4)c(=O)c3Cl)CC2)cc1. The van der Waals surface area contributed by atoms with Crippen LogP contribution in [0.2, 0.25) is 5.02 Å². The lowest BCUT2D eigenvalue weighted by Crippen LogP contribution is -2.52. The number of aromatic nitrogens is 2. The van der Waals surface area contributed by atoms with Gasteiger partial charge in [0.15, 0.2) is 6.10 Å². The summed E-state index contributed by atoms with van der Waals surface area (Å²) in [6.07, 6.45) is 1.03. The highest BCUT2D eigenvalue weighted by Crippen LogP contribution is 2.23. The Morgan fingerprint density at radius 3 is 2.34 bits per heavy atom. The van der Waals surface area contributed by atoms with Crippen LogP contribution in [0.25, 0.3) is 5.69 Å². The molecular weight excluding hydrogens is 428 g/mol. The number of anilines is 1. The molecule has 7 nitrogen and oxygen atoms in total. The van der Waals surface area contributed by atoms with Gasteiger partial charge in [0.2, 0.25) is 0 Å². The highest BCUT2D eigenvalue weighted by Gasteiger charge is 2.27. The van der Waals surface area contributed by atoms with Crippen molar-refractivity contribution >= 4 is 23.2 Å². The maximum Gasteiger partial charge on any atom is 0.292 e. The van der Waals surface area contributed by atoms with E-state index in [4.69, 9.17) is 16.3 Å². The van der Waals surface area contributed by atoms with Crippen molar-refractivity contribution in [3.63, 3.8) is 0 Å². The summed E-state index contributed by atoms with van der Waals surface area (Å²) in [5, 5.41) is 4.42. The molecular formula is C24H25ClN4O3. The third-order valence-corrected chi connectivity index (χ3v) is 5.87. The normalized spacial score (nSPS) is 14.8. The smallest absolute Gasteiger partial charge is 0.292 e. The number of carbonyl (C=O) groups excluding carboxylic acids is 1. The molecule has 0 bridgehead atoms. The van der Waals surface area contributed by atoms with Gasteiger partial charge in [-0.3, -0.25) is 9.59 Å². The number of piperazine rings is 1. The third-order valence-electron chi connectivity index (χ3n) is 5.51. The molecule has 1 aliphatic heterocycles. The van der Waals surface area contributed by atoms with E-state index < -0.39 is 6.10 Å². The van der Waals surface area contributed by atoms with Crippen molar-refractivity contribution in [3.8, 4) is 11.4 Å². The summed E-state index contributed by atoms with van der Waals surface area (Å²) in [6.45, 7) is 5.90. The summed E-state index contributed by atoms with van der Waals surface area (Å²) in [5.74, 6) is 0.612. The molecule has 4 rings (SSSR count). The van der Waals surface area contributed by atoms with Gasteiger partial charge >= 0.3 is 0 Å². The van der Waals surface area contributed by atoms with Gasteiger partial charge in [0.1, 0.15) is 10.8 Å². The van der Waals surface area contributed by atoms with E-state index in [0.29, 0.717) is 43.3 Å². The van der Waals surface area contributed by atoms with Crippen LogP contribution in [-0.2, 0) is 4.79 Å². The first-order chi connectivity index (χ1) is 15.4. The van der Waals surface area contributed by atoms with Crippen LogP contribution in [0, 0.1) is 6.92 Å². The average Bonchev–Trinajstić information content (AvgIpc) is 2.82. The van der Waals surface area contributed by atoms with Crippen LogP contribution in [-0.4, -0.2) is 52.9 Å². The molecule has 1 aliphatic rings. The Balaban J connectivity index is 1.40. The molecule has 2 aromatic carbocycles. The minimum absolute atomic E-state index is 0.0612. The van der Waals surface area contributed by atoms with E-state index in [9.17, 15) is 9.59 Å². The number of ether oxygens (including phenoxy) is 1. The number of para-hydroxylation sites is 1. The number of hydrogen-bond donors (Lipinski definition) is 0. The lowest BCUT2D eigenvalue weighted by molar-refractivity contribution is -0.138. The third kappa shape index (κ3) is 4.62. The molecule has 0 saturated carbocycles.